The van der Waals surface area contributed by atoms with Gasteiger partial charge in [0.15, 0.2) is 0 Å². The first-order valence-electron chi connectivity index (χ1n) is 3.56. The second-order valence-corrected chi connectivity index (χ2v) is 3.16. The summed E-state index contributed by atoms with van der Waals surface area (Å²) in [5.74, 6) is 5.86. The van der Waals surface area contributed by atoms with E-state index in [0.717, 1.165) is 10.0 Å². The molecule has 0 saturated heterocycles. The molecule has 1 aromatic rings. The Bertz CT molecular complexity index is 292. The highest BCUT2D eigenvalue weighted by Crippen LogP contribution is 2.09. The van der Waals surface area contributed by atoms with Gasteiger partial charge in [-0.25, -0.2) is 0 Å². The third-order valence-corrected chi connectivity index (χ3v) is 1.82. The first-order valence-corrected chi connectivity index (χ1v) is 4.35. The van der Waals surface area contributed by atoms with Gasteiger partial charge < -0.3 is 4.74 Å². The highest BCUT2D eigenvalue weighted by atomic mass is 79.9. The molecule has 2 heteroatoms. The maximum Gasteiger partial charge on any atom is 0.107 e. The van der Waals surface area contributed by atoms with Crippen molar-refractivity contribution >= 4 is 15.9 Å². The van der Waals surface area contributed by atoms with Gasteiger partial charge >= 0.3 is 0 Å². The predicted octanol–water partition coefficient (Wildman–Crippen LogP) is 2.45. The normalized spacial score (nSPS) is 8.83. The molecule has 0 aromatic heterocycles. The molecule has 0 fully saturated rings. The van der Waals surface area contributed by atoms with Crippen LogP contribution in [0, 0.1) is 11.8 Å². The molecule has 0 radical (unpaired) electrons. The van der Waals surface area contributed by atoms with Crippen LogP contribution in [0.4, 0.5) is 0 Å². The van der Waals surface area contributed by atoms with Crippen molar-refractivity contribution in [2.75, 3.05) is 13.7 Å². The van der Waals surface area contributed by atoms with Crippen LogP contribution in [0.5, 0.6) is 0 Å². The second-order valence-electron chi connectivity index (χ2n) is 2.24. The van der Waals surface area contributed by atoms with Gasteiger partial charge in [0, 0.05) is 17.1 Å². The summed E-state index contributed by atoms with van der Waals surface area (Å²) in [5, 5.41) is 0. The van der Waals surface area contributed by atoms with Crippen molar-refractivity contribution in [2.45, 2.75) is 0 Å². The molecule has 0 saturated carbocycles. The highest BCUT2D eigenvalue weighted by molar-refractivity contribution is 9.10. The van der Waals surface area contributed by atoms with Gasteiger partial charge in [0.1, 0.15) is 6.61 Å². The average molecular weight is 225 g/mol. The van der Waals surface area contributed by atoms with Gasteiger partial charge in [-0.15, -0.1) is 0 Å². The molecule has 0 atom stereocenters. The number of rotatable bonds is 1. The van der Waals surface area contributed by atoms with Crippen LogP contribution in [0.1, 0.15) is 5.56 Å². The summed E-state index contributed by atoms with van der Waals surface area (Å²) in [7, 11) is 1.64. The molecule has 12 heavy (non-hydrogen) atoms. The van der Waals surface area contributed by atoms with Crippen LogP contribution in [0.2, 0.25) is 0 Å². The van der Waals surface area contributed by atoms with Crippen LogP contribution in [0.3, 0.4) is 0 Å². The van der Waals surface area contributed by atoms with Gasteiger partial charge in [-0.2, -0.15) is 0 Å². The minimum atomic E-state index is 0.482. The molecule has 0 spiro atoms. The van der Waals surface area contributed by atoms with Crippen LogP contribution in [-0.4, -0.2) is 13.7 Å². The van der Waals surface area contributed by atoms with Gasteiger partial charge in [-0.1, -0.05) is 27.8 Å². The molecule has 0 aliphatic carbocycles. The van der Waals surface area contributed by atoms with Crippen molar-refractivity contribution in [2.24, 2.45) is 0 Å². The lowest BCUT2D eigenvalue weighted by molar-refractivity contribution is 0.240. The zero-order chi connectivity index (χ0) is 8.81. The maximum absolute atomic E-state index is 4.80. The Morgan fingerprint density at radius 3 is 2.58 bits per heavy atom. The van der Waals surface area contributed by atoms with Gasteiger partial charge in [0.05, 0.1) is 0 Å². The number of halogens is 1. The van der Waals surface area contributed by atoms with Crippen molar-refractivity contribution in [1.29, 1.82) is 0 Å². The minimum Gasteiger partial charge on any atom is -0.372 e. The molecule has 0 aliphatic heterocycles. The standard InChI is InChI=1S/C10H9BrO/c1-12-8-2-3-9-4-6-10(11)7-5-9/h4-7H,8H2,1H3. The predicted molar refractivity (Wildman–Crippen MR) is 52.9 cm³/mol. The number of hydrogen-bond donors (Lipinski definition) is 0. The van der Waals surface area contributed by atoms with Crippen molar-refractivity contribution < 1.29 is 4.74 Å². The molecule has 1 rings (SSSR count). The number of ether oxygens (including phenoxy) is 1. The summed E-state index contributed by atoms with van der Waals surface area (Å²) >= 11 is 3.35. The molecule has 62 valence electrons. The molecule has 0 aliphatic rings. The van der Waals surface area contributed by atoms with E-state index in [1.54, 1.807) is 7.11 Å². The van der Waals surface area contributed by atoms with E-state index in [2.05, 4.69) is 27.8 Å². The van der Waals surface area contributed by atoms with E-state index in [0.29, 0.717) is 6.61 Å². The summed E-state index contributed by atoms with van der Waals surface area (Å²) in [4.78, 5) is 0. The average Bonchev–Trinajstić information content (AvgIpc) is 2.09. The lowest BCUT2D eigenvalue weighted by atomic mass is 10.2. The Kier molecular flexibility index (Phi) is 3.86. The highest BCUT2D eigenvalue weighted by Gasteiger charge is 1.85. The van der Waals surface area contributed by atoms with E-state index >= 15 is 0 Å². The van der Waals surface area contributed by atoms with E-state index < -0.39 is 0 Å². The maximum atomic E-state index is 4.80. The van der Waals surface area contributed by atoms with Crippen molar-refractivity contribution in [1.82, 2.24) is 0 Å². The lowest BCUT2D eigenvalue weighted by Gasteiger charge is -1.89. The molecule has 0 heterocycles. The Morgan fingerprint density at radius 1 is 1.33 bits per heavy atom. The fourth-order valence-corrected chi connectivity index (χ4v) is 1.01. The summed E-state index contributed by atoms with van der Waals surface area (Å²) < 4.78 is 5.87. The van der Waals surface area contributed by atoms with Crippen molar-refractivity contribution in [3.05, 3.63) is 34.3 Å². The summed E-state index contributed by atoms with van der Waals surface area (Å²) in [5.41, 5.74) is 1.01. The molecule has 0 amide bonds. The topological polar surface area (TPSA) is 9.23 Å². The van der Waals surface area contributed by atoms with Gasteiger partial charge in [0.2, 0.25) is 0 Å². The molecular formula is C10H9BrO. The van der Waals surface area contributed by atoms with Crippen LogP contribution in [-0.2, 0) is 4.74 Å². The zero-order valence-electron chi connectivity index (χ0n) is 6.80. The van der Waals surface area contributed by atoms with Gasteiger partial charge in [-0.05, 0) is 24.3 Å². The van der Waals surface area contributed by atoms with E-state index in [-0.39, 0.29) is 0 Å². The molecule has 0 bridgehead atoms. The fraction of sp³-hybridized carbons (Fsp3) is 0.200. The third-order valence-electron chi connectivity index (χ3n) is 1.29. The summed E-state index contributed by atoms with van der Waals surface area (Å²) in [6.07, 6.45) is 0. The number of hydrogen-bond acceptors (Lipinski definition) is 1. The molecule has 1 nitrogen and oxygen atoms in total. The SMILES string of the molecule is COCC#Cc1ccc(Br)cc1. The zero-order valence-corrected chi connectivity index (χ0v) is 8.39. The number of benzene rings is 1. The Morgan fingerprint density at radius 2 is 2.00 bits per heavy atom. The molecule has 0 N–H and O–H groups in total. The summed E-state index contributed by atoms with van der Waals surface area (Å²) in [6, 6.07) is 7.87. The lowest BCUT2D eigenvalue weighted by Crippen LogP contribution is -1.81. The van der Waals surface area contributed by atoms with E-state index in [4.69, 9.17) is 4.74 Å². The van der Waals surface area contributed by atoms with E-state index in [1.807, 2.05) is 24.3 Å². The molecule has 0 unspecified atom stereocenters. The third kappa shape index (κ3) is 3.08. The number of methoxy groups -OCH3 is 1. The Balaban J connectivity index is 2.66. The Hall–Kier alpha value is -0.780. The first-order chi connectivity index (χ1) is 5.83. The first kappa shape index (κ1) is 9.31. The fourth-order valence-electron chi connectivity index (χ4n) is 0.744. The van der Waals surface area contributed by atoms with Crippen LogP contribution in [0.15, 0.2) is 28.7 Å². The van der Waals surface area contributed by atoms with Crippen LogP contribution >= 0.6 is 15.9 Å². The largest absolute Gasteiger partial charge is 0.372 e. The van der Waals surface area contributed by atoms with Crippen LogP contribution < -0.4 is 0 Å². The molecule has 1 aromatic carbocycles. The quantitative estimate of drug-likeness (QED) is 0.667. The second kappa shape index (κ2) is 4.97. The van der Waals surface area contributed by atoms with Crippen molar-refractivity contribution in [3.8, 4) is 11.8 Å². The molecular weight excluding hydrogens is 216 g/mol. The van der Waals surface area contributed by atoms with E-state index in [1.165, 1.54) is 0 Å². The minimum absolute atomic E-state index is 0.482. The monoisotopic (exact) mass is 224 g/mol. The van der Waals surface area contributed by atoms with Gasteiger partial charge in [0.25, 0.3) is 0 Å². The van der Waals surface area contributed by atoms with Crippen LogP contribution in [0.25, 0.3) is 0 Å². The van der Waals surface area contributed by atoms with Crippen molar-refractivity contribution in [3.63, 3.8) is 0 Å². The smallest absolute Gasteiger partial charge is 0.107 e. The van der Waals surface area contributed by atoms with E-state index in [9.17, 15) is 0 Å². The Labute approximate surface area is 80.9 Å². The van der Waals surface area contributed by atoms with Gasteiger partial charge in [-0.3, -0.25) is 0 Å². The summed E-state index contributed by atoms with van der Waals surface area (Å²) in [6.45, 7) is 0.482.